The molecule has 1 aliphatic rings. The van der Waals surface area contributed by atoms with E-state index in [2.05, 4.69) is 9.97 Å². The Kier molecular flexibility index (Phi) is 2.91. The average molecular weight is 261 g/mol. The van der Waals surface area contributed by atoms with Crippen molar-refractivity contribution in [3.05, 3.63) is 40.1 Å². The molecule has 0 bridgehead atoms. The van der Waals surface area contributed by atoms with Crippen molar-refractivity contribution in [2.75, 3.05) is 13.1 Å². The zero-order chi connectivity index (χ0) is 12.5. The van der Waals surface area contributed by atoms with E-state index < -0.39 is 0 Å². The number of hydrogen-bond donors (Lipinski definition) is 1. The fraction of sp³-hybridized carbons (Fsp3) is 0.385. The smallest absolute Gasteiger partial charge is 0.263 e. The lowest BCUT2D eigenvalue weighted by molar-refractivity contribution is 0.0795. The van der Waals surface area contributed by atoms with Gasteiger partial charge in [-0.25, -0.2) is 4.98 Å². The van der Waals surface area contributed by atoms with Gasteiger partial charge in [0.25, 0.3) is 5.91 Å². The van der Waals surface area contributed by atoms with Crippen molar-refractivity contribution in [3.63, 3.8) is 0 Å². The highest BCUT2D eigenvalue weighted by Crippen LogP contribution is 2.26. The van der Waals surface area contributed by atoms with Gasteiger partial charge in [-0.1, -0.05) is 6.07 Å². The molecule has 1 atom stereocenters. The zero-order valence-electron chi connectivity index (χ0n) is 10.2. The van der Waals surface area contributed by atoms with E-state index in [1.165, 1.54) is 11.3 Å². The van der Waals surface area contributed by atoms with Crippen molar-refractivity contribution >= 4 is 17.2 Å². The number of amides is 1. The molecule has 1 fully saturated rings. The van der Waals surface area contributed by atoms with Gasteiger partial charge in [0.2, 0.25) is 0 Å². The van der Waals surface area contributed by atoms with E-state index in [1.807, 2.05) is 35.5 Å². The maximum absolute atomic E-state index is 12.2. The lowest BCUT2D eigenvalue weighted by Crippen LogP contribution is -2.27. The highest BCUT2D eigenvalue weighted by molar-refractivity contribution is 7.12. The lowest BCUT2D eigenvalue weighted by atomic mass is 10.1. The summed E-state index contributed by atoms with van der Waals surface area (Å²) in [5.74, 6) is 1.51. The van der Waals surface area contributed by atoms with E-state index in [9.17, 15) is 4.79 Å². The van der Waals surface area contributed by atoms with Crippen LogP contribution in [0.5, 0.6) is 0 Å². The summed E-state index contributed by atoms with van der Waals surface area (Å²) in [7, 11) is 0. The number of nitrogens with one attached hydrogen (secondary N) is 1. The minimum Gasteiger partial charge on any atom is -0.346 e. The first-order chi connectivity index (χ1) is 8.74. The van der Waals surface area contributed by atoms with Crippen molar-refractivity contribution in [3.8, 4) is 0 Å². The molecule has 2 aromatic heterocycles. The summed E-state index contributed by atoms with van der Waals surface area (Å²) in [5.41, 5.74) is 1.08. The van der Waals surface area contributed by atoms with E-state index >= 15 is 0 Å². The lowest BCUT2D eigenvalue weighted by Gasteiger charge is -2.14. The highest BCUT2D eigenvalue weighted by atomic mass is 32.1. The SMILES string of the molecule is Cc1cnc(C2CCN(C(=O)c3cccs3)C2)[nH]1. The van der Waals surface area contributed by atoms with Crippen LogP contribution in [-0.4, -0.2) is 33.9 Å². The Morgan fingerprint density at radius 1 is 1.61 bits per heavy atom. The van der Waals surface area contributed by atoms with Crippen LogP contribution in [0, 0.1) is 6.92 Å². The van der Waals surface area contributed by atoms with Crippen molar-refractivity contribution in [2.24, 2.45) is 0 Å². The molecule has 0 saturated carbocycles. The predicted molar refractivity (Wildman–Crippen MR) is 70.9 cm³/mol. The van der Waals surface area contributed by atoms with Crippen LogP contribution in [0.25, 0.3) is 0 Å². The number of carbonyl (C=O) groups excluding carboxylic acids is 1. The molecule has 0 spiro atoms. The van der Waals surface area contributed by atoms with E-state index in [1.54, 1.807) is 0 Å². The number of thiophene rings is 1. The van der Waals surface area contributed by atoms with Gasteiger partial charge >= 0.3 is 0 Å². The molecule has 18 heavy (non-hydrogen) atoms. The quantitative estimate of drug-likeness (QED) is 0.902. The maximum atomic E-state index is 12.2. The Morgan fingerprint density at radius 2 is 2.50 bits per heavy atom. The van der Waals surface area contributed by atoms with E-state index in [0.717, 1.165) is 35.9 Å². The molecule has 1 saturated heterocycles. The number of carbonyl (C=O) groups is 1. The molecule has 94 valence electrons. The number of aromatic nitrogens is 2. The largest absolute Gasteiger partial charge is 0.346 e. The molecule has 2 aromatic rings. The van der Waals surface area contributed by atoms with Crippen LogP contribution in [0.1, 0.15) is 33.5 Å². The summed E-state index contributed by atoms with van der Waals surface area (Å²) in [5, 5.41) is 1.94. The standard InChI is InChI=1S/C13H15N3OS/c1-9-7-14-12(15-9)10-4-5-16(8-10)13(17)11-3-2-6-18-11/h2-3,6-7,10H,4-5,8H2,1H3,(H,14,15). The highest BCUT2D eigenvalue weighted by Gasteiger charge is 2.29. The second kappa shape index (κ2) is 4.57. The van der Waals surface area contributed by atoms with Crippen LogP contribution in [0.4, 0.5) is 0 Å². The van der Waals surface area contributed by atoms with Crippen LogP contribution >= 0.6 is 11.3 Å². The van der Waals surface area contributed by atoms with E-state index in [-0.39, 0.29) is 5.91 Å². The summed E-state index contributed by atoms with van der Waals surface area (Å²) in [6.45, 7) is 3.59. The number of imidazole rings is 1. The summed E-state index contributed by atoms with van der Waals surface area (Å²) in [6, 6.07) is 3.80. The van der Waals surface area contributed by atoms with Crippen molar-refractivity contribution in [1.29, 1.82) is 0 Å². The van der Waals surface area contributed by atoms with Gasteiger partial charge in [0, 0.05) is 30.9 Å². The predicted octanol–water partition coefficient (Wildman–Crippen LogP) is 2.41. The first-order valence-electron chi connectivity index (χ1n) is 6.08. The molecule has 1 unspecified atom stereocenters. The molecule has 3 rings (SSSR count). The molecule has 1 N–H and O–H groups in total. The third kappa shape index (κ3) is 2.06. The molecule has 0 aromatic carbocycles. The summed E-state index contributed by atoms with van der Waals surface area (Å²) in [6.07, 6.45) is 2.84. The molecule has 1 amide bonds. The Morgan fingerprint density at radius 3 is 3.17 bits per heavy atom. The van der Waals surface area contributed by atoms with Gasteiger partial charge in [-0.05, 0) is 24.8 Å². The molecule has 0 aliphatic carbocycles. The minimum atomic E-state index is 0.149. The third-order valence-corrected chi connectivity index (χ3v) is 4.17. The van der Waals surface area contributed by atoms with Crippen molar-refractivity contribution in [1.82, 2.24) is 14.9 Å². The number of aryl methyl sites for hydroxylation is 1. The summed E-state index contributed by atoms with van der Waals surface area (Å²) >= 11 is 1.50. The number of hydrogen-bond acceptors (Lipinski definition) is 3. The van der Waals surface area contributed by atoms with Crippen molar-refractivity contribution < 1.29 is 4.79 Å². The number of nitrogens with zero attached hydrogens (tertiary/aromatic N) is 2. The average Bonchev–Trinajstić information content (AvgIpc) is 3.09. The molecule has 4 nitrogen and oxygen atoms in total. The Balaban J connectivity index is 1.70. The van der Waals surface area contributed by atoms with E-state index in [0.29, 0.717) is 5.92 Å². The van der Waals surface area contributed by atoms with Gasteiger partial charge in [0.15, 0.2) is 0 Å². The first kappa shape index (κ1) is 11.5. The minimum absolute atomic E-state index is 0.149. The molecular formula is C13H15N3OS. The van der Waals surface area contributed by atoms with Crippen molar-refractivity contribution in [2.45, 2.75) is 19.3 Å². The monoisotopic (exact) mass is 261 g/mol. The van der Waals surface area contributed by atoms with E-state index in [4.69, 9.17) is 0 Å². The Labute approximate surface area is 110 Å². The van der Waals surface area contributed by atoms with Gasteiger partial charge in [-0.3, -0.25) is 4.79 Å². The molecule has 0 radical (unpaired) electrons. The fourth-order valence-electron chi connectivity index (χ4n) is 2.36. The molecule has 1 aliphatic heterocycles. The topological polar surface area (TPSA) is 49.0 Å². The molecule has 3 heterocycles. The maximum Gasteiger partial charge on any atom is 0.263 e. The second-order valence-corrected chi connectivity index (χ2v) is 5.61. The summed E-state index contributed by atoms with van der Waals surface area (Å²) < 4.78 is 0. The van der Waals surface area contributed by atoms with Crippen LogP contribution in [0.3, 0.4) is 0 Å². The van der Waals surface area contributed by atoms with Gasteiger partial charge in [-0.2, -0.15) is 0 Å². The van der Waals surface area contributed by atoms with Gasteiger partial charge in [0.05, 0.1) is 4.88 Å². The van der Waals surface area contributed by atoms with Crippen LogP contribution in [0.2, 0.25) is 0 Å². The Bertz CT molecular complexity index is 546. The Hall–Kier alpha value is -1.62. The second-order valence-electron chi connectivity index (χ2n) is 4.67. The first-order valence-corrected chi connectivity index (χ1v) is 6.96. The van der Waals surface area contributed by atoms with Crippen LogP contribution < -0.4 is 0 Å². The zero-order valence-corrected chi connectivity index (χ0v) is 11.0. The van der Waals surface area contributed by atoms with Gasteiger partial charge in [-0.15, -0.1) is 11.3 Å². The van der Waals surface area contributed by atoms with Gasteiger partial charge < -0.3 is 9.88 Å². The number of aromatic amines is 1. The number of rotatable bonds is 2. The molecular weight excluding hydrogens is 246 g/mol. The molecule has 5 heteroatoms. The fourth-order valence-corrected chi connectivity index (χ4v) is 3.06. The van der Waals surface area contributed by atoms with Crippen LogP contribution in [-0.2, 0) is 0 Å². The number of H-pyrrole nitrogens is 1. The normalized spacial score (nSPS) is 19.4. The number of likely N-dealkylation sites (tertiary alicyclic amines) is 1. The third-order valence-electron chi connectivity index (χ3n) is 3.32. The summed E-state index contributed by atoms with van der Waals surface area (Å²) in [4.78, 5) is 22.6. The van der Waals surface area contributed by atoms with Gasteiger partial charge in [0.1, 0.15) is 5.82 Å². The van der Waals surface area contributed by atoms with Crippen LogP contribution in [0.15, 0.2) is 23.7 Å².